The quantitative estimate of drug-likeness (QED) is 0.437. The summed E-state index contributed by atoms with van der Waals surface area (Å²) in [6.45, 7) is 4.42. The second-order valence-corrected chi connectivity index (χ2v) is 7.51. The molecule has 3 N–H and O–H groups in total. The zero-order valence-electron chi connectivity index (χ0n) is 17.4. The molecule has 2 heterocycles. The van der Waals surface area contributed by atoms with Gasteiger partial charge < -0.3 is 20.5 Å². The van der Waals surface area contributed by atoms with Crippen molar-refractivity contribution in [3.05, 3.63) is 65.9 Å². The van der Waals surface area contributed by atoms with E-state index in [0.29, 0.717) is 5.96 Å². The van der Waals surface area contributed by atoms with Crippen LogP contribution in [0.5, 0.6) is 0 Å². The van der Waals surface area contributed by atoms with E-state index in [0.717, 1.165) is 50.1 Å². The topological polar surface area (TPSA) is 72.5 Å². The second-order valence-electron chi connectivity index (χ2n) is 7.51. The fourth-order valence-electron chi connectivity index (χ4n) is 4.02. The highest BCUT2D eigenvalue weighted by Crippen LogP contribution is 2.26. The third kappa shape index (κ3) is 4.48. The Labute approximate surface area is 177 Å². The first-order valence-electron chi connectivity index (χ1n) is 10.7. The van der Waals surface area contributed by atoms with Crippen molar-refractivity contribution >= 4 is 28.5 Å². The monoisotopic (exact) mass is 403 g/mol. The molecule has 1 aromatic heterocycles. The minimum absolute atomic E-state index is 0.0379. The maximum atomic E-state index is 12.8. The molecule has 0 aliphatic carbocycles. The average Bonchev–Trinajstić information content (AvgIpc) is 3.20. The third-order valence-corrected chi connectivity index (χ3v) is 5.49. The lowest BCUT2D eigenvalue weighted by molar-refractivity contribution is -0.117. The Morgan fingerprint density at radius 3 is 2.87 bits per heavy atom. The zero-order chi connectivity index (χ0) is 20.8. The lowest BCUT2D eigenvalue weighted by Crippen LogP contribution is -2.41. The van der Waals surface area contributed by atoms with Crippen LogP contribution in [0.25, 0.3) is 10.9 Å². The number of para-hydroxylation sites is 2. The number of nitrogens with one attached hydrogen (secondary N) is 3. The number of benzene rings is 2. The van der Waals surface area contributed by atoms with Gasteiger partial charge in [-0.1, -0.05) is 36.4 Å². The molecule has 3 aromatic rings. The largest absolute Gasteiger partial charge is 0.361 e. The summed E-state index contributed by atoms with van der Waals surface area (Å²) in [4.78, 5) is 22.6. The number of fused-ring (bicyclic) bond motifs is 2. The van der Waals surface area contributed by atoms with Crippen LogP contribution in [0.1, 0.15) is 24.5 Å². The minimum Gasteiger partial charge on any atom is -0.361 e. The number of anilines is 1. The van der Waals surface area contributed by atoms with Crippen LogP contribution in [0, 0.1) is 0 Å². The summed E-state index contributed by atoms with van der Waals surface area (Å²) in [5, 5.41) is 7.84. The Hall–Kier alpha value is -3.28. The van der Waals surface area contributed by atoms with Gasteiger partial charge >= 0.3 is 0 Å². The number of nitrogens with zero attached hydrogens (tertiary/aromatic N) is 2. The molecular formula is C24H29N5O. The molecule has 30 heavy (non-hydrogen) atoms. The summed E-state index contributed by atoms with van der Waals surface area (Å²) in [5.41, 5.74) is 4.70. The molecule has 2 aromatic carbocycles. The van der Waals surface area contributed by atoms with Crippen molar-refractivity contribution in [1.82, 2.24) is 15.6 Å². The molecule has 156 valence electrons. The predicted molar refractivity (Wildman–Crippen MR) is 123 cm³/mol. The van der Waals surface area contributed by atoms with Gasteiger partial charge in [-0.3, -0.25) is 4.79 Å². The molecule has 6 heteroatoms. The molecule has 0 bridgehead atoms. The van der Waals surface area contributed by atoms with Crippen molar-refractivity contribution in [1.29, 1.82) is 0 Å². The van der Waals surface area contributed by atoms with Gasteiger partial charge in [0, 0.05) is 42.4 Å². The Balaban J connectivity index is 1.36. The van der Waals surface area contributed by atoms with Gasteiger partial charge in [0.25, 0.3) is 0 Å². The van der Waals surface area contributed by atoms with Crippen LogP contribution in [0.4, 0.5) is 5.69 Å². The molecule has 0 atom stereocenters. The van der Waals surface area contributed by atoms with E-state index in [1.54, 1.807) is 0 Å². The summed E-state index contributed by atoms with van der Waals surface area (Å²) < 4.78 is 0. The highest BCUT2D eigenvalue weighted by atomic mass is 16.2. The number of hydrogen-bond donors (Lipinski definition) is 3. The summed E-state index contributed by atoms with van der Waals surface area (Å²) in [5.74, 6) is 0.715. The number of amides is 1. The number of guanidine groups is 1. The van der Waals surface area contributed by atoms with Crippen LogP contribution in [0.15, 0.2) is 59.7 Å². The normalized spacial score (nSPS) is 13.9. The maximum absolute atomic E-state index is 12.8. The number of hydrogen-bond acceptors (Lipinski definition) is 2. The first kappa shape index (κ1) is 20.0. The fourth-order valence-corrected chi connectivity index (χ4v) is 4.02. The molecule has 1 aliphatic rings. The van der Waals surface area contributed by atoms with Crippen molar-refractivity contribution in [2.24, 2.45) is 4.99 Å². The third-order valence-electron chi connectivity index (χ3n) is 5.49. The first-order chi connectivity index (χ1) is 14.8. The fraction of sp³-hybridized carbons (Fsp3) is 0.333. The number of carbonyl (C=O) groups is 1. The van der Waals surface area contributed by atoms with Crippen LogP contribution < -0.4 is 15.5 Å². The first-order valence-corrected chi connectivity index (χ1v) is 10.7. The minimum atomic E-state index is 0.0379. The van der Waals surface area contributed by atoms with Gasteiger partial charge in [-0.05, 0) is 49.4 Å². The predicted octanol–water partition coefficient (Wildman–Crippen LogP) is 3.24. The number of aliphatic imine (C=N–C) groups is 1. The van der Waals surface area contributed by atoms with E-state index in [9.17, 15) is 4.79 Å². The highest BCUT2D eigenvalue weighted by molar-refractivity contribution is 5.97. The molecule has 1 aliphatic heterocycles. The van der Waals surface area contributed by atoms with Crippen LogP contribution >= 0.6 is 0 Å². The average molecular weight is 404 g/mol. The van der Waals surface area contributed by atoms with E-state index in [2.05, 4.69) is 51.1 Å². The molecule has 0 saturated heterocycles. The zero-order valence-corrected chi connectivity index (χ0v) is 17.4. The van der Waals surface area contributed by atoms with Gasteiger partial charge in [-0.2, -0.15) is 0 Å². The van der Waals surface area contributed by atoms with Gasteiger partial charge in [0.1, 0.15) is 6.54 Å². The molecular weight excluding hydrogens is 374 g/mol. The molecule has 0 fully saturated rings. The van der Waals surface area contributed by atoms with Gasteiger partial charge in [0.15, 0.2) is 5.96 Å². The lowest BCUT2D eigenvalue weighted by atomic mass is 10.0. The van der Waals surface area contributed by atoms with Crippen molar-refractivity contribution < 1.29 is 4.79 Å². The van der Waals surface area contributed by atoms with E-state index < -0.39 is 0 Å². The van der Waals surface area contributed by atoms with Crippen molar-refractivity contribution in [3.8, 4) is 0 Å². The smallest absolute Gasteiger partial charge is 0.248 e. The summed E-state index contributed by atoms with van der Waals surface area (Å²) in [7, 11) is 0. The maximum Gasteiger partial charge on any atom is 0.248 e. The second kappa shape index (κ2) is 9.48. The van der Waals surface area contributed by atoms with Crippen LogP contribution in [-0.4, -0.2) is 43.0 Å². The van der Waals surface area contributed by atoms with Crippen molar-refractivity contribution in [2.75, 3.05) is 31.1 Å². The summed E-state index contributed by atoms with van der Waals surface area (Å²) in [6, 6.07) is 16.5. The van der Waals surface area contributed by atoms with E-state index >= 15 is 0 Å². The van der Waals surface area contributed by atoms with E-state index in [-0.39, 0.29) is 12.5 Å². The lowest BCUT2D eigenvalue weighted by Gasteiger charge is -2.29. The van der Waals surface area contributed by atoms with Gasteiger partial charge in [0.2, 0.25) is 5.91 Å². The highest BCUT2D eigenvalue weighted by Gasteiger charge is 2.21. The molecule has 0 saturated carbocycles. The molecule has 4 rings (SSSR count). The number of aryl methyl sites for hydroxylation is 1. The van der Waals surface area contributed by atoms with Crippen molar-refractivity contribution in [2.45, 2.75) is 26.2 Å². The van der Waals surface area contributed by atoms with E-state index in [1.165, 1.54) is 16.5 Å². The molecule has 0 spiro atoms. The number of rotatable bonds is 6. The number of H-pyrrole nitrogens is 1. The number of carbonyl (C=O) groups excluding carboxylic acids is 1. The Bertz CT molecular complexity index is 1040. The number of aromatic amines is 1. The molecule has 0 radical (unpaired) electrons. The molecule has 6 nitrogen and oxygen atoms in total. The Morgan fingerprint density at radius 2 is 1.97 bits per heavy atom. The Kier molecular flexibility index (Phi) is 6.32. The van der Waals surface area contributed by atoms with Gasteiger partial charge in [-0.25, -0.2) is 4.99 Å². The Morgan fingerprint density at radius 1 is 1.13 bits per heavy atom. The van der Waals surface area contributed by atoms with Crippen molar-refractivity contribution in [3.63, 3.8) is 0 Å². The van der Waals surface area contributed by atoms with Crippen LogP contribution in [0.2, 0.25) is 0 Å². The van der Waals surface area contributed by atoms with E-state index in [1.807, 2.05) is 36.1 Å². The number of aromatic nitrogens is 1. The van der Waals surface area contributed by atoms with Crippen LogP contribution in [-0.2, 0) is 17.6 Å². The summed E-state index contributed by atoms with van der Waals surface area (Å²) >= 11 is 0. The van der Waals surface area contributed by atoms with E-state index in [4.69, 9.17) is 0 Å². The summed E-state index contributed by atoms with van der Waals surface area (Å²) in [6.07, 6.45) is 4.96. The van der Waals surface area contributed by atoms with Crippen LogP contribution in [0.3, 0.4) is 0 Å². The van der Waals surface area contributed by atoms with Gasteiger partial charge in [-0.15, -0.1) is 0 Å². The molecule has 1 amide bonds. The van der Waals surface area contributed by atoms with Gasteiger partial charge in [0.05, 0.1) is 0 Å². The SMILES string of the molecule is CCNC(=NCC(=O)N1CCCc2ccccc21)NCCc1c[nH]c2ccccc12. The molecule has 0 unspecified atom stereocenters. The standard InChI is InChI=1S/C24H29N5O/c1-2-25-24(26-14-13-19-16-27-21-11-5-4-10-20(19)21)28-17-23(30)29-15-7-9-18-8-3-6-12-22(18)29/h3-6,8,10-12,16,27H,2,7,9,13-15,17H2,1H3,(H2,25,26,28).